The topological polar surface area (TPSA) is 58.6 Å². The van der Waals surface area contributed by atoms with Crippen LogP contribution in [0, 0.1) is 5.41 Å². The molecular weight excluding hydrogens is 278 g/mol. The molecule has 4 nitrogen and oxygen atoms in total. The van der Waals surface area contributed by atoms with Gasteiger partial charge < -0.3 is 15.2 Å². The highest BCUT2D eigenvalue weighted by Gasteiger charge is 2.55. The predicted octanol–water partition coefficient (Wildman–Crippen LogP) is 2.57. The SMILES string of the molecule is O=C(NC1CC12CCOCC2)c1ccc2c(c1O)CCCC2. The molecule has 0 aromatic heterocycles. The van der Waals surface area contributed by atoms with Gasteiger partial charge in [0.1, 0.15) is 5.75 Å². The second-order valence-electron chi connectivity index (χ2n) is 7.01. The molecule has 4 rings (SSSR count). The Morgan fingerprint density at radius 2 is 2.00 bits per heavy atom. The minimum Gasteiger partial charge on any atom is -0.507 e. The summed E-state index contributed by atoms with van der Waals surface area (Å²) in [6.07, 6.45) is 7.28. The van der Waals surface area contributed by atoms with Crippen LogP contribution in [0.25, 0.3) is 0 Å². The summed E-state index contributed by atoms with van der Waals surface area (Å²) in [5.41, 5.74) is 2.88. The second kappa shape index (κ2) is 5.27. The summed E-state index contributed by atoms with van der Waals surface area (Å²) in [6.45, 7) is 1.60. The number of aryl methyl sites for hydroxylation is 1. The summed E-state index contributed by atoms with van der Waals surface area (Å²) in [4.78, 5) is 12.5. The van der Waals surface area contributed by atoms with Gasteiger partial charge in [-0.1, -0.05) is 6.07 Å². The molecule has 2 aliphatic carbocycles. The van der Waals surface area contributed by atoms with Crippen LogP contribution in [0.4, 0.5) is 0 Å². The van der Waals surface area contributed by atoms with E-state index >= 15 is 0 Å². The van der Waals surface area contributed by atoms with Gasteiger partial charge >= 0.3 is 0 Å². The molecule has 1 amide bonds. The first-order valence-corrected chi connectivity index (χ1v) is 8.42. The van der Waals surface area contributed by atoms with Crippen molar-refractivity contribution < 1.29 is 14.6 Å². The molecule has 1 saturated heterocycles. The van der Waals surface area contributed by atoms with Crippen LogP contribution in [0.15, 0.2) is 12.1 Å². The van der Waals surface area contributed by atoms with Crippen molar-refractivity contribution in [3.05, 3.63) is 28.8 Å². The number of carbonyl (C=O) groups excluding carboxylic acids is 1. The Bertz CT molecular complexity index is 605. The molecule has 1 unspecified atom stereocenters. The van der Waals surface area contributed by atoms with Gasteiger partial charge in [0.25, 0.3) is 5.91 Å². The highest BCUT2D eigenvalue weighted by atomic mass is 16.5. The molecule has 1 atom stereocenters. The zero-order valence-electron chi connectivity index (χ0n) is 12.9. The third-order valence-corrected chi connectivity index (χ3v) is 5.73. The van der Waals surface area contributed by atoms with E-state index in [0.717, 1.165) is 57.3 Å². The van der Waals surface area contributed by atoms with Crippen LogP contribution >= 0.6 is 0 Å². The molecule has 1 aromatic carbocycles. The van der Waals surface area contributed by atoms with Crippen LogP contribution in [0.1, 0.15) is 53.6 Å². The summed E-state index contributed by atoms with van der Waals surface area (Å²) in [6, 6.07) is 4.05. The number of hydrogen-bond acceptors (Lipinski definition) is 3. The molecule has 3 aliphatic rings. The number of aromatic hydroxyl groups is 1. The van der Waals surface area contributed by atoms with Gasteiger partial charge in [0, 0.05) is 19.3 Å². The lowest BCUT2D eigenvalue weighted by molar-refractivity contribution is 0.0535. The third-order valence-electron chi connectivity index (χ3n) is 5.73. The highest BCUT2D eigenvalue weighted by Crippen LogP contribution is 2.53. The van der Waals surface area contributed by atoms with Gasteiger partial charge in [-0.15, -0.1) is 0 Å². The van der Waals surface area contributed by atoms with Crippen molar-refractivity contribution >= 4 is 5.91 Å². The lowest BCUT2D eigenvalue weighted by Gasteiger charge is -2.23. The van der Waals surface area contributed by atoms with Crippen molar-refractivity contribution in [2.75, 3.05) is 13.2 Å². The zero-order valence-corrected chi connectivity index (χ0v) is 12.9. The normalized spacial score (nSPS) is 25.5. The van der Waals surface area contributed by atoms with Crippen molar-refractivity contribution in [3.8, 4) is 5.75 Å². The van der Waals surface area contributed by atoms with Crippen LogP contribution in [0.2, 0.25) is 0 Å². The molecule has 1 heterocycles. The Kier molecular flexibility index (Phi) is 3.37. The van der Waals surface area contributed by atoms with E-state index in [0.29, 0.717) is 5.56 Å². The van der Waals surface area contributed by atoms with Gasteiger partial charge in [-0.3, -0.25) is 4.79 Å². The number of benzene rings is 1. The molecule has 0 radical (unpaired) electrons. The number of carbonyl (C=O) groups is 1. The van der Waals surface area contributed by atoms with Crippen molar-refractivity contribution in [3.63, 3.8) is 0 Å². The van der Waals surface area contributed by atoms with Crippen LogP contribution in [-0.2, 0) is 17.6 Å². The zero-order chi connectivity index (χ0) is 15.2. The Hall–Kier alpha value is -1.55. The Labute approximate surface area is 130 Å². The van der Waals surface area contributed by atoms with E-state index in [4.69, 9.17) is 4.74 Å². The fraction of sp³-hybridized carbons (Fsp3) is 0.611. The number of hydrogen-bond donors (Lipinski definition) is 2. The lowest BCUT2D eigenvalue weighted by atomic mass is 9.89. The van der Waals surface area contributed by atoms with Gasteiger partial charge in [-0.2, -0.15) is 0 Å². The Morgan fingerprint density at radius 1 is 1.23 bits per heavy atom. The lowest BCUT2D eigenvalue weighted by Crippen LogP contribution is -2.32. The molecule has 2 N–H and O–H groups in total. The van der Waals surface area contributed by atoms with Crippen molar-refractivity contribution in [2.24, 2.45) is 5.41 Å². The molecule has 22 heavy (non-hydrogen) atoms. The van der Waals surface area contributed by atoms with E-state index in [1.165, 1.54) is 12.0 Å². The van der Waals surface area contributed by atoms with Gasteiger partial charge in [-0.25, -0.2) is 0 Å². The van der Waals surface area contributed by atoms with Crippen molar-refractivity contribution in [1.29, 1.82) is 0 Å². The smallest absolute Gasteiger partial charge is 0.255 e. The van der Waals surface area contributed by atoms with Crippen LogP contribution < -0.4 is 5.32 Å². The predicted molar refractivity (Wildman–Crippen MR) is 83.1 cm³/mol. The van der Waals surface area contributed by atoms with Gasteiger partial charge in [-0.05, 0) is 67.6 Å². The van der Waals surface area contributed by atoms with Crippen molar-refractivity contribution in [2.45, 2.75) is 51.0 Å². The quantitative estimate of drug-likeness (QED) is 0.882. The number of phenols is 1. The van der Waals surface area contributed by atoms with Crippen molar-refractivity contribution in [1.82, 2.24) is 5.32 Å². The van der Waals surface area contributed by atoms with E-state index in [1.54, 1.807) is 6.07 Å². The third kappa shape index (κ3) is 2.30. The van der Waals surface area contributed by atoms with Crippen LogP contribution in [0.3, 0.4) is 0 Å². The molecule has 4 heteroatoms. The van der Waals surface area contributed by atoms with Gasteiger partial charge in [0.15, 0.2) is 0 Å². The molecule has 2 fully saturated rings. The standard InChI is InChI=1S/C18H23NO3/c20-16-13-4-2-1-3-12(13)5-6-14(16)17(21)19-15-11-18(15)7-9-22-10-8-18/h5-6,15,20H,1-4,7-11H2,(H,19,21). The first-order chi connectivity index (χ1) is 10.7. The van der Waals surface area contributed by atoms with Gasteiger partial charge in [0.2, 0.25) is 0 Å². The molecule has 1 aromatic rings. The maximum atomic E-state index is 12.5. The fourth-order valence-electron chi connectivity index (χ4n) is 4.11. The summed E-state index contributed by atoms with van der Waals surface area (Å²) in [7, 11) is 0. The van der Waals surface area contributed by atoms with E-state index in [9.17, 15) is 9.90 Å². The van der Waals surface area contributed by atoms with E-state index in [2.05, 4.69) is 5.32 Å². The number of phenolic OH excluding ortho intramolecular Hbond substituents is 1. The largest absolute Gasteiger partial charge is 0.507 e. The molecule has 1 aliphatic heterocycles. The number of amides is 1. The van der Waals surface area contributed by atoms with E-state index < -0.39 is 0 Å². The maximum Gasteiger partial charge on any atom is 0.255 e. The molecule has 118 valence electrons. The molecule has 0 bridgehead atoms. The fourth-order valence-corrected chi connectivity index (χ4v) is 4.11. The second-order valence-corrected chi connectivity index (χ2v) is 7.01. The summed E-state index contributed by atoms with van der Waals surface area (Å²) < 4.78 is 5.41. The monoisotopic (exact) mass is 301 g/mol. The summed E-state index contributed by atoms with van der Waals surface area (Å²) in [5.74, 6) is 0.0793. The number of rotatable bonds is 2. The van der Waals surface area contributed by atoms with Crippen LogP contribution in [0.5, 0.6) is 5.75 Å². The number of ether oxygens (including phenoxy) is 1. The average Bonchev–Trinajstić information content (AvgIpc) is 3.19. The maximum absolute atomic E-state index is 12.5. The molecular formula is C18H23NO3. The first-order valence-electron chi connectivity index (χ1n) is 8.42. The average molecular weight is 301 g/mol. The summed E-state index contributed by atoms with van der Waals surface area (Å²) in [5, 5.41) is 13.6. The Balaban J connectivity index is 1.49. The minimum atomic E-state index is -0.126. The van der Waals surface area contributed by atoms with Crippen LogP contribution in [-0.4, -0.2) is 30.3 Å². The summed E-state index contributed by atoms with van der Waals surface area (Å²) >= 11 is 0. The Morgan fingerprint density at radius 3 is 2.82 bits per heavy atom. The van der Waals surface area contributed by atoms with Gasteiger partial charge in [0.05, 0.1) is 5.56 Å². The van der Waals surface area contributed by atoms with E-state index in [1.807, 2.05) is 6.07 Å². The van der Waals surface area contributed by atoms with E-state index in [-0.39, 0.29) is 23.1 Å². The molecule has 1 saturated carbocycles. The number of nitrogens with one attached hydrogen (secondary N) is 1. The molecule has 1 spiro atoms. The first kappa shape index (κ1) is 14.1. The highest BCUT2D eigenvalue weighted by molar-refractivity contribution is 5.97. The number of fused-ring (bicyclic) bond motifs is 1. The minimum absolute atomic E-state index is 0.126.